The summed E-state index contributed by atoms with van der Waals surface area (Å²) in [5, 5.41) is 2.48. The SMILES string of the molecule is O=S(=O)(Nc1ccc(F)c(F)c1Nc1ccc(I)cc1F)NC1CCN(CC2CC2)CC1. The van der Waals surface area contributed by atoms with Gasteiger partial charge in [0.2, 0.25) is 0 Å². The van der Waals surface area contributed by atoms with Gasteiger partial charge in [-0.2, -0.15) is 13.1 Å². The Bertz CT molecular complexity index is 1090. The van der Waals surface area contributed by atoms with Crippen LogP contribution < -0.4 is 14.8 Å². The van der Waals surface area contributed by atoms with Gasteiger partial charge in [-0.1, -0.05) is 0 Å². The molecule has 2 fully saturated rings. The molecule has 0 atom stereocenters. The number of likely N-dealkylation sites (tertiary alicyclic amines) is 1. The lowest BCUT2D eigenvalue weighted by atomic mass is 10.1. The highest BCUT2D eigenvalue weighted by atomic mass is 127. The minimum absolute atomic E-state index is 0.105. The fourth-order valence-electron chi connectivity index (χ4n) is 3.78. The van der Waals surface area contributed by atoms with Gasteiger partial charge >= 0.3 is 0 Å². The fourth-order valence-corrected chi connectivity index (χ4v) is 5.42. The molecule has 1 heterocycles. The van der Waals surface area contributed by atoms with Crippen LogP contribution in [0.15, 0.2) is 30.3 Å². The minimum atomic E-state index is -4.07. The van der Waals surface area contributed by atoms with Crippen LogP contribution in [0.2, 0.25) is 0 Å². The molecule has 1 aliphatic heterocycles. The molecule has 2 aromatic carbocycles. The minimum Gasteiger partial charge on any atom is -0.349 e. The van der Waals surface area contributed by atoms with E-state index < -0.39 is 33.3 Å². The van der Waals surface area contributed by atoms with E-state index >= 15 is 0 Å². The molecule has 0 radical (unpaired) electrons. The Morgan fingerprint density at radius 3 is 2.31 bits per heavy atom. The molecule has 4 rings (SSSR count). The van der Waals surface area contributed by atoms with E-state index in [1.807, 2.05) is 22.6 Å². The third-order valence-electron chi connectivity index (χ3n) is 5.65. The van der Waals surface area contributed by atoms with Crippen molar-refractivity contribution in [3.05, 3.63) is 51.4 Å². The molecule has 174 valence electrons. The number of nitrogens with one attached hydrogen (secondary N) is 3. The number of hydrogen-bond donors (Lipinski definition) is 3. The molecule has 2 aromatic rings. The molecule has 0 bridgehead atoms. The number of hydrogen-bond acceptors (Lipinski definition) is 4. The number of halogens is 4. The number of benzene rings is 2. The summed E-state index contributed by atoms with van der Waals surface area (Å²) in [5.41, 5.74) is -0.818. The third kappa shape index (κ3) is 6.06. The van der Waals surface area contributed by atoms with E-state index in [-0.39, 0.29) is 17.4 Å². The van der Waals surface area contributed by atoms with Gasteiger partial charge in [0.15, 0.2) is 11.6 Å². The molecule has 1 saturated heterocycles. The molecule has 0 spiro atoms. The topological polar surface area (TPSA) is 73.5 Å². The highest BCUT2D eigenvalue weighted by Gasteiger charge is 2.29. The van der Waals surface area contributed by atoms with E-state index in [4.69, 9.17) is 0 Å². The second kappa shape index (κ2) is 9.74. The van der Waals surface area contributed by atoms with E-state index in [0.717, 1.165) is 37.7 Å². The molecule has 1 aliphatic carbocycles. The molecule has 6 nitrogen and oxygen atoms in total. The van der Waals surface area contributed by atoms with Gasteiger partial charge in [-0.3, -0.25) is 4.72 Å². The van der Waals surface area contributed by atoms with Gasteiger partial charge in [-0.25, -0.2) is 13.2 Å². The molecule has 1 saturated carbocycles. The second-order valence-corrected chi connectivity index (χ2v) is 11.0. The van der Waals surface area contributed by atoms with Crippen molar-refractivity contribution < 1.29 is 21.6 Å². The summed E-state index contributed by atoms with van der Waals surface area (Å²) in [6.07, 6.45) is 3.88. The highest BCUT2D eigenvalue weighted by molar-refractivity contribution is 14.1. The van der Waals surface area contributed by atoms with Crippen molar-refractivity contribution in [2.75, 3.05) is 29.7 Å². The second-order valence-electron chi connectivity index (χ2n) is 8.27. The maximum atomic E-state index is 14.5. The Hall–Kier alpha value is -1.57. The maximum Gasteiger partial charge on any atom is 0.299 e. The van der Waals surface area contributed by atoms with Crippen molar-refractivity contribution >= 4 is 49.9 Å². The molecule has 3 N–H and O–H groups in total. The maximum absolute atomic E-state index is 14.5. The molecule has 32 heavy (non-hydrogen) atoms. The van der Waals surface area contributed by atoms with Crippen LogP contribution >= 0.6 is 22.6 Å². The summed E-state index contributed by atoms with van der Waals surface area (Å²) in [6, 6.07) is 5.85. The third-order valence-corrected chi connectivity index (χ3v) is 7.46. The normalized spacial score (nSPS) is 18.0. The van der Waals surface area contributed by atoms with Crippen molar-refractivity contribution in [1.82, 2.24) is 9.62 Å². The Kier molecular flexibility index (Phi) is 7.18. The Morgan fingerprint density at radius 1 is 0.969 bits per heavy atom. The summed E-state index contributed by atoms with van der Waals surface area (Å²) in [4.78, 5) is 2.35. The smallest absolute Gasteiger partial charge is 0.299 e. The van der Waals surface area contributed by atoms with E-state index in [0.29, 0.717) is 16.4 Å². The van der Waals surface area contributed by atoms with Gasteiger partial charge in [0, 0.05) is 16.2 Å². The average molecular weight is 580 g/mol. The van der Waals surface area contributed by atoms with Crippen molar-refractivity contribution in [1.29, 1.82) is 0 Å². The van der Waals surface area contributed by atoms with Crippen LogP contribution in [0.1, 0.15) is 25.7 Å². The standard InChI is InChI=1S/C21H24F3IN4O2S/c22-16-4-6-19(21(20(16)24)26-18-5-3-14(25)11-17(18)23)28-32(30,31)27-15-7-9-29(10-8-15)12-13-1-2-13/h3-6,11,13,15,26-28H,1-2,7-10,12H2. The molecule has 0 aromatic heterocycles. The van der Waals surface area contributed by atoms with E-state index in [1.54, 1.807) is 6.07 Å². The predicted molar refractivity (Wildman–Crippen MR) is 127 cm³/mol. The highest BCUT2D eigenvalue weighted by Crippen LogP contribution is 2.33. The van der Waals surface area contributed by atoms with Crippen molar-refractivity contribution in [3.63, 3.8) is 0 Å². The van der Waals surface area contributed by atoms with Gasteiger partial charge in [0.05, 0.1) is 11.4 Å². The lowest BCUT2D eigenvalue weighted by Crippen LogP contribution is -2.46. The molecular formula is C21H24F3IN4O2S. The lowest BCUT2D eigenvalue weighted by molar-refractivity contribution is 0.200. The molecule has 2 aliphatic rings. The Labute approximate surface area is 199 Å². The van der Waals surface area contributed by atoms with Crippen LogP contribution in [0.3, 0.4) is 0 Å². The lowest BCUT2D eigenvalue weighted by Gasteiger charge is -2.32. The summed E-state index contributed by atoms with van der Waals surface area (Å²) in [6.45, 7) is 2.69. The summed E-state index contributed by atoms with van der Waals surface area (Å²) < 4.78 is 73.5. The first-order valence-electron chi connectivity index (χ1n) is 10.4. The monoisotopic (exact) mass is 580 g/mol. The Morgan fingerprint density at radius 2 is 1.66 bits per heavy atom. The predicted octanol–water partition coefficient (Wildman–Crippen LogP) is 4.57. The average Bonchev–Trinajstić information content (AvgIpc) is 3.54. The first kappa shape index (κ1) is 23.6. The van der Waals surface area contributed by atoms with Gasteiger partial charge < -0.3 is 10.2 Å². The Balaban J connectivity index is 1.46. The number of rotatable bonds is 8. The van der Waals surface area contributed by atoms with Crippen LogP contribution in [0.25, 0.3) is 0 Å². The van der Waals surface area contributed by atoms with Crippen LogP contribution in [-0.2, 0) is 10.2 Å². The van der Waals surface area contributed by atoms with E-state index in [9.17, 15) is 21.6 Å². The van der Waals surface area contributed by atoms with Gasteiger partial charge in [-0.15, -0.1) is 0 Å². The number of piperidine rings is 1. The quantitative estimate of drug-likeness (QED) is 0.400. The number of nitrogens with zero attached hydrogens (tertiary/aromatic N) is 1. The van der Waals surface area contributed by atoms with Crippen LogP contribution in [0.5, 0.6) is 0 Å². The summed E-state index contributed by atoms with van der Waals surface area (Å²) in [5.74, 6) is -2.39. The van der Waals surface area contributed by atoms with Gasteiger partial charge in [-0.05, 0) is 97.6 Å². The van der Waals surface area contributed by atoms with E-state index in [1.165, 1.54) is 25.0 Å². The van der Waals surface area contributed by atoms with Gasteiger partial charge in [0.25, 0.3) is 10.2 Å². The first-order chi connectivity index (χ1) is 15.2. The molecule has 11 heteroatoms. The fraction of sp³-hybridized carbons (Fsp3) is 0.429. The zero-order chi connectivity index (χ0) is 22.9. The molecule has 0 amide bonds. The first-order valence-corrected chi connectivity index (χ1v) is 13.0. The van der Waals surface area contributed by atoms with Gasteiger partial charge in [0.1, 0.15) is 11.5 Å². The van der Waals surface area contributed by atoms with Crippen molar-refractivity contribution in [3.8, 4) is 0 Å². The summed E-state index contributed by atoms with van der Waals surface area (Å²) in [7, 11) is -4.07. The van der Waals surface area contributed by atoms with Crippen LogP contribution in [0.4, 0.5) is 30.2 Å². The summed E-state index contributed by atoms with van der Waals surface area (Å²) >= 11 is 1.92. The zero-order valence-electron chi connectivity index (χ0n) is 17.2. The number of anilines is 3. The van der Waals surface area contributed by atoms with E-state index in [2.05, 4.69) is 19.7 Å². The van der Waals surface area contributed by atoms with Crippen LogP contribution in [-0.4, -0.2) is 39.0 Å². The zero-order valence-corrected chi connectivity index (χ0v) is 20.1. The molecular weight excluding hydrogens is 556 g/mol. The molecule has 0 unspecified atom stereocenters. The van der Waals surface area contributed by atoms with Crippen molar-refractivity contribution in [2.24, 2.45) is 5.92 Å². The van der Waals surface area contributed by atoms with Crippen molar-refractivity contribution in [2.45, 2.75) is 31.7 Å². The largest absolute Gasteiger partial charge is 0.349 e. The van der Waals surface area contributed by atoms with Crippen LogP contribution in [0, 0.1) is 26.9 Å².